The normalized spacial score (nSPS) is 19.0. The van der Waals surface area contributed by atoms with E-state index in [-0.39, 0.29) is 5.92 Å². The molecule has 5 heterocycles. The molecule has 1 amide bonds. The number of rotatable bonds is 4. The molecule has 2 saturated heterocycles. The Hall–Kier alpha value is -2.10. The smallest absolute Gasteiger partial charge is 0.225 e. The standard InChI is InChI=1S/C21H26N6OS2/c1-15-23-17(14-29-15)13-25-7-4-16(5-8-25)20(28)26-9-11-27(12-10-26)21-24-18-3-2-6-22-19(18)30-21/h2-3,6,14,16H,4-5,7-13H2,1H3. The van der Waals surface area contributed by atoms with Gasteiger partial charge in [0.1, 0.15) is 10.3 Å². The number of carbonyl (C=O) groups excluding carboxylic acids is 1. The zero-order chi connectivity index (χ0) is 20.5. The van der Waals surface area contributed by atoms with E-state index < -0.39 is 0 Å². The molecule has 3 aromatic rings. The number of anilines is 1. The lowest BCUT2D eigenvalue weighted by Gasteiger charge is -2.38. The van der Waals surface area contributed by atoms with Crippen LogP contribution < -0.4 is 4.90 Å². The number of aryl methyl sites for hydroxylation is 1. The molecule has 7 nitrogen and oxygen atoms in total. The molecule has 0 radical (unpaired) electrons. The van der Waals surface area contributed by atoms with Crippen LogP contribution in [-0.2, 0) is 11.3 Å². The van der Waals surface area contributed by atoms with E-state index in [1.807, 2.05) is 25.3 Å². The maximum Gasteiger partial charge on any atom is 0.225 e. The summed E-state index contributed by atoms with van der Waals surface area (Å²) in [7, 11) is 0. The number of hydrogen-bond donors (Lipinski definition) is 0. The van der Waals surface area contributed by atoms with Crippen LogP contribution in [0.15, 0.2) is 23.7 Å². The number of fused-ring (bicyclic) bond motifs is 1. The zero-order valence-electron chi connectivity index (χ0n) is 17.2. The lowest BCUT2D eigenvalue weighted by molar-refractivity contribution is -0.137. The van der Waals surface area contributed by atoms with Gasteiger partial charge in [0, 0.05) is 50.2 Å². The first kappa shape index (κ1) is 19.8. The van der Waals surface area contributed by atoms with Crippen LogP contribution in [0, 0.1) is 12.8 Å². The summed E-state index contributed by atoms with van der Waals surface area (Å²) < 4.78 is 0. The fourth-order valence-electron chi connectivity index (χ4n) is 4.32. The van der Waals surface area contributed by atoms with Gasteiger partial charge in [-0.15, -0.1) is 11.3 Å². The summed E-state index contributed by atoms with van der Waals surface area (Å²) in [6.45, 7) is 8.15. The van der Waals surface area contributed by atoms with Crippen molar-refractivity contribution in [1.82, 2.24) is 24.8 Å². The molecular formula is C21H26N6OS2. The minimum absolute atomic E-state index is 0.164. The molecule has 2 aliphatic rings. The first-order chi connectivity index (χ1) is 14.7. The summed E-state index contributed by atoms with van der Waals surface area (Å²) in [5, 5.41) is 4.28. The third-order valence-corrected chi connectivity index (χ3v) is 7.87. The largest absolute Gasteiger partial charge is 0.344 e. The molecule has 0 N–H and O–H groups in total. The molecule has 30 heavy (non-hydrogen) atoms. The first-order valence-electron chi connectivity index (χ1n) is 10.5. The number of hydrogen-bond acceptors (Lipinski definition) is 8. The molecule has 0 bridgehead atoms. The summed E-state index contributed by atoms with van der Waals surface area (Å²) in [6, 6.07) is 3.93. The van der Waals surface area contributed by atoms with E-state index >= 15 is 0 Å². The third kappa shape index (κ3) is 4.19. The van der Waals surface area contributed by atoms with Gasteiger partial charge in [0.05, 0.1) is 10.7 Å². The van der Waals surface area contributed by atoms with Gasteiger partial charge in [-0.05, 0) is 45.0 Å². The first-order valence-corrected chi connectivity index (χ1v) is 12.2. The van der Waals surface area contributed by atoms with E-state index in [1.54, 1.807) is 22.7 Å². The molecule has 158 valence electrons. The Morgan fingerprint density at radius 2 is 1.93 bits per heavy atom. The molecule has 5 rings (SSSR count). The van der Waals surface area contributed by atoms with Crippen LogP contribution in [-0.4, -0.2) is 69.9 Å². The van der Waals surface area contributed by atoms with Gasteiger partial charge in [-0.25, -0.2) is 15.0 Å². The number of thiazole rings is 2. The molecular weight excluding hydrogens is 416 g/mol. The highest BCUT2D eigenvalue weighted by Gasteiger charge is 2.31. The van der Waals surface area contributed by atoms with E-state index in [9.17, 15) is 4.79 Å². The molecule has 0 unspecified atom stereocenters. The number of pyridine rings is 1. The van der Waals surface area contributed by atoms with Crippen molar-refractivity contribution in [3.63, 3.8) is 0 Å². The second-order valence-electron chi connectivity index (χ2n) is 8.04. The zero-order valence-corrected chi connectivity index (χ0v) is 18.8. The topological polar surface area (TPSA) is 65.5 Å². The van der Waals surface area contributed by atoms with Crippen molar-refractivity contribution in [2.45, 2.75) is 26.3 Å². The Morgan fingerprint density at radius 3 is 2.63 bits per heavy atom. The molecule has 3 aromatic heterocycles. The summed E-state index contributed by atoms with van der Waals surface area (Å²) in [5.74, 6) is 0.501. The van der Waals surface area contributed by atoms with Gasteiger partial charge in [0.25, 0.3) is 0 Å². The lowest BCUT2D eigenvalue weighted by Crippen LogP contribution is -2.51. The Bertz CT molecular complexity index is 984. The minimum atomic E-state index is 0.164. The summed E-state index contributed by atoms with van der Waals surface area (Å²) in [5.41, 5.74) is 2.11. The fraction of sp³-hybridized carbons (Fsp3) is 0.524. The predicted molar refractivity (Wildman–Crippen MR) is 121 cm³/mol. The molecule has 2 fully saturated rings. The van der Waals surface area contributed by atoms with Gasteiger partial charge in [0.15, 0.2) is 5.13 Å². The molecule has 2 aliphatic heterocycles. The van der Waals surface area contributed by atoms with E-state index in [0.29, 0.717) is 5.91 Å². The predicted octanol–water partition coefficient (Wildman–Crippen LogP) is 3.02. The maximum atomic E-state index is 13.1. The highest BCUT2D eigenvalue weighted by molar-refractivity contribution is 7.21. The molecule has 9 heteroatoms. The van der Waals surface area contributed by atoms with Crippen molar-refractivity contribution < 1.29 is 4.79 Å². The summed E-state index contributed by atoms with van der Waals surface area (Å²) in [6.07, 6.45) is 3.71. The van der Waals surface area contributed by atoms with Gasteiger partial charge in [-0.2, -0.15) is 0 Å². The summed E-state index contributed by atoms with van der Waals surface area (Å²) in [4.78, 5) is 34.5. The monoisotopic (exact) mass is 442 g/mol. The lowest BCUT2D eigenvalue weighted by atomic mass is 9.95. The second-order valence-corrected chi connectivity index (χ2v) is 10.1. The fourth-order valence-corrected chi connectivity index (χ4v) is 5.88. The Balaban J connectivity index is 1.12. The highest BCUT2D eigenvalue weighted by Crippen LogP contribution is 2.28. The number of carbonyl (C=O) groups is 1. The minimum Gasteiger partial charge on any atom is -0.344 e. The quantitative estimate of drug-likeness (QED) is 0.619. The van der Waals surface area contributed by atoms with Gasteiger partial charge < -0.3 is 9.80 Å². The molecule has 0 spiro atoms. The van der Waals surface area contributed by atoms with Crippen molar-refractivity contribution in [3.05, 3.63) is 34.4 Å². The Kier molecular flexibility index (Phi) is 5.66. The Morgan fingerprint density at radius 1 is 1.13 bits per heavy atom. The maximum absolute atomic E-state index is 13.1. The van der Waals surface area contributed by atoms with Crippen LogP contribution in [0.4, 0.5) is 5.13 Å². The summed E-state index contributed by atoms with van der Waals surface area (Å²) >= 11 is 3.34. The van der Waals surface area contributed by atoms with Gasteiger partial charge in [-0.1, -0.05) is 11.3 Å². The average Bonchev–Trinajstić information content (AvgIpc) is 3.40. The average molecular weight is 443 g/mol. The van der Waals surface area contributed by atoms with Crippen LogP contribution in [0.1, 0.15) is 23.5 Å². The van der Waals surface area contributed by atoms with E-state index in [4.69, 9.17) is 4.98 Å². The SMILES string of the molecule is Cc1nc(CN2CCC(C(=O)N3CCN(c4nc5cccnc5s4)CC3)CC2)cs1. The van der Waals surface area contributed by atoms with Crippen LogP contribution >= 0.6 is 22.7 Å². The van der Waals surface area contributed by atoms with Crippen LogP contribution in [0.5, 0.6) is 0 Å². The van der Waals surface area contributed by atoms with Crippen molar-refractivity contribution >= 4 is 44.1 Å². The molecule has 0 aliphatic carbocycles. The molecule has 0 aromatic carbocycles. The number of amides is 1. The number of likely N-dealkylation sites (tertiary alicyclic amines) is 1. The van der Waals surface area contributed by atoms with Crippen molar-refractivity contribution in [1.29, 1.82) is 0 Å². The van der Waals surface area contributed by atoms with Crippen LogP contribution in [0.25, 0.3) is 10.3 Å². The molecule has 0 saturated carbocycles. The highest BCUT2D eigenvalue weighted by atomic mass is 32.1. The van der Waals surface area contributed by atoms with Crippen molar-refractivity contribution in [2.75, 3.05) is 44.2 Å². The number of piperazine rings is 1. The van der Waals surface area contributed by atoms with E-state index in [1.165, 1.54) is 0 Å². The number of nitrogens with zero attached hydrogens (tertiary/aromatic N) is 6. The van der Waals surface area contributed by atoms with Gasteiger partial charge in [-0.3, -0.25) is 9.69 Å². The van der Waals surface area contributed by atoms with E-state index in [2.05, 4.69) is 30.0 Å². The van der Waals surface area contributed by atoms with Gasteiger partial charge >= 0.3 is 0 Å². The Labute approximate surface area is 184 Å². The number of aromatic nitrogens is 3. The second kappa shape index (κ2) is 8.56. The van der Waals surface area contributed by atoms with Crippen molar-refractivity contribution in [2.24, 2.45) is 5.92 Å². The van der Waals surface area contributed by atoms with Crippen molar-refractivity contribution in [3.8, 4) is 0 Å². The van der Waals surface area contributed by atoms with Gasteiger partial charge in [0.2, 0.25) is 5.91 Å². The van der Waals surface area contributed by atoms with Crippen LogP contribution in [0.2, 0.25) is 0 Å². The number of piperidine rings is 1. The third-order valence-electron chi connectivity index (χ3n) is 6.01. The van der Waals surface area contributed by atoms with Crippen LogP contribution in [0.3, 0.4) is 0 Å². The van der Waals surface area contributed by atoms with E-state index in [0.717, 1.165) is 84.8 Å². The molecule has 0 atom stereocenters.